The highest BCUT2D eigenvalue weighted by Gasteiger charge is 2.34. The first kappa shape index (κ1) is 17.3. The van der Waals surface area contributed by atoms with Crippen molar-refractivity contribution in [1.82, 2.24) is 9.47 Å². The Morgan fingerprint density at radius 1 is 1.11 bits per heavy atom. The lowest BCUT2D eigenvalue weighted by Gasteiger charge is -2.35. The lowest BCUT2D eigenvalue weighted by atomic mass is 10.1. The molecular weight excluding hydrogens is 340 g/mol. The van der Waals surface area contributed by atoms with E-state index in [0.29, 0.717) is 25.4 Å². The first-order valence-corrected chi connectivity index (χ1v) is 9.26. The summed E-state index contributed by atoms with van der Waals surface area (Å²) in [6.45, 7) is 3.18. The molecule has 4 rings (SSSR count). The van der Waals surface area contributed by atoms with Gasteiger partial charge in [0.15, 0.2) is 0 Å². The molecular formula is C22H22N2O3. The van der Waals surface area contributed by atoms with Gasteiger partial charge in [0.05, 0.1) is 19.1 Å². The molecule has 0 saturated heterocycles. The Bertz CT molecular complexity index is 978. The van der Waals surface area contributed by atoms with Gasteiger partial charge in [-0.3, -0.25) is 9.59 Å². The van der Waals surface area contributed by atoms with Crippen molar-refractivity contribution in [3.8, 4) is 0 Å². The lowest BCUT2D eigenvalue weighted by Crippen LogP contribution is -2.43. The SMILES string of the molecule is CCOC(=O)C[C@H]1CN(Cc2ccccc2)C(=O)c2cc3ccccc3n21. The van der Waals surface area contributed by atoms with Crippen LogP contribution in [0.3, 0.4) is 0 Å². The van der Waals surface area contributed by atoms with E-state index < -0.39 is 0 Å². The van der Waals surface area contributed by atoms with Crippen LogP contribution in [0.25, 0.3) is 10.9 Å². The summed E-state index contributed by atoms with van der Waals surface area (Å²) in [5, 5.41) is 1.01. The number of aromatic nitrogens is 1. The molecule has 138 valence electrons. The number of esters is 1. The second-order valence-corrected chi connectivity index (χ2v) is 6.79. The fraction of sp³-hybridized carbons (Fsp3) is 0.273. The summed E-state index contributed by atoms with van der Waals surface area (Å²) >= 11 is 0. The third-order valence-corrected chi connectivity index (χ3v) is 4.97. The summed E-state index contributed by atoms with van der Waals surface area (Å²) < 4.78 is 7.18. The zero-order valence-corrected chi connectivity index (χ0v) is 15.3. The predicted molar refractivity (Wildman–Crippen MR) is 103 cm³/mol. The summed E-state index contributed by atoms with van der Waals surface area (Å²) in [7, 11) is 0. The molecule has 0 spiro atoms. The zero-order chi connectivity index (χ0) is 18.8. The number of hydrogen-bond acceptors (Lipinski definition) is 3. The molecule has 1 aromatic heterocycles. The number of rotatable bonds is 5. The fourth-order valence-corrected chi connectivity index (χ4v) is 3.82. The number of para-hydroxylation sites is 1. The third kappa shape index (κ3) is 3.33. The fourth-order valence-electron chi connectivity index (χ4n) is 3.82. The molecule has 0 N–H and O–H groups in total. The first-order valence-electron chi connectivity index (χ1n) is 9.26. The maximum absolute atomic E-state index is 13.1. The van der Waals surface area contributed by atoms with Gasteiger partial charge < -0.3 is 14.2 Å². The summed E-state index contributed by atoms with van der Waals surface area (Å²) in [5.74, 6) is -0.240. The van der Waals surface area contributed by atoms with Crippen LogP contribution >= 0.6 is 0 Å². The maximum atomic E-state index is 13.1. The zero-order valence-electron chi connectivity index (χ0n) is 15.3. The topological polar surface area (TPSA) is 51.5 Å². The molecule has 1 aliphatic rings. The van der Waals surface area contributed by atoms with Crippen LogP contribution in [-0.2, 0) is 16.1 Å². The lowest BCUT2D eigenvalue weighted by molar-refractivity contribution is -0.144. The van der Waals surface area contributed by atoms with Crippen LogP contribution in [0.15, 0.2) is 60.7 Å². The van der Waals surface area contributed by atoms with Crippen LogP contribution in [0.1, 0.15) is 35.4 Å². The van der Waals surface area contributed by atoms with Crippen molar-refractivity contribution in [3.63, 3.8) is 0 Å². The van der Waals surface area contributed by atoms with E-state index in [-0.39, 0.29) is 24.3 Å². The van der Waals surface area contributed by atoms with Gasteiger partial charge in [0.25, 0.3) is 5.91 Å². The number of nitrogens with zero attached hydrogens (tertiary/aromatic N) is 2. The Hall–Kier alpha value is -3.08. The van der Waals surface area contributed by atoms with E-state index in [1.54, 1.807) is 6.92 Å². The van der Waals surface area contributed by atoms with Crippen LogP contribution in [0, 0.1) is 0 Å². The summed E-state index contributed by atoms with van der Waals surface area (Å²) in [4.78, 5) is 27.2. The Morgan fingerprint density at radius 2 is 1.85 bits per heavy atom. The van der Waals surface area contributed by atoms with Crippen molar-refractivity contribution in [2.75, 3.05) is 13.2 Å². The Labute approximate surface area is 158 Å². The van der Waals surface area contributed by atoms with Crippen molar-refractivity contribution in [1.29, 1.82) is 0 Å². The average Bonchev–Trinajstić information content (AvgIpc) is 3.07. The largest absolute Gasteiger partial charge is 0.466 e. The van der Waals surface area contributed by atoms with Crippen LogP contribution in [0.2, 0.25) is 0 Å². The van der Waals surface area contributed by atoms with E-state index in [2.05, 4.69) is 0 Å². The summed E-state index contributed by atoms with van der Waals surface area (Å²) in [6.07, 6.45) is 0.248. The highest BCUT2D eigenvalue weighted by molar-refractivity contribution is 6.00. The van der Waals surface area contributed by atoms with Crippen LogP contribution in [0.4, 0.5) is 0 Å². The molecule has 0 unspecified atom stereocenters. The third-order valence-electron chi connectivity index (χ3n) is 4.97. The summed E-state index contributed by atoms with van der Waals surface area (Å²) in [6, 6.07) is 19.6. The van der Waals surface area contributed by atoms with Crippen LogP contribution in [0.5, 0.6) is 0 Å². The molecule has 0 bridgehead atoms. The first-order chi connectivity index (χ1) is 13.2. The number of fused-ring (bicyclic) bond motifs is 3. The number of amides is 1. The Morgan fingerprint density at radius 3 is 2.63 bits per heavy atom. The molecule has 2 heterocycles. The molecule has 0 aliphatic carbocycles. The predicted octanol–water partition coefficient (Wildman–Crippen LogP) is 3.79. The number of hydrogen-bond donors (Lipinski definition) is 0. The Kier molecular flexibility index (Phi) is 4.67. The Balaban J connectivity index is 1.72. The molecule has 1 aliphatic heterocycles. The molecule has 0 fully saturated rings. The van der Waals surface area contributed by atoms with E-state index in [1.165, 1.54) is 0 Å². The standard InChI is InChI=1S/C22H22N2O3/c1-2-27-21(25)13-18-15-23(14-16-8-4-3-5-9-16)22(26)20-12-17-10-6-7-11-19(17)24(18)20/h3-12,18H,2,13-15H2,1H3/t18-/m0/s1. The van der Waals surface area contributed by atoms with E-state index >= 15 is 0 Å². The van der Waals surface area contributed by atoms with Crippen molar-refractivity contribution < 1.29 is 14.3 Å². The van der Waals surface area contributed by atoms with Gasteiger partial charge in [-0.05, 0) is 24.6 Å². The molecule has 0 radical (unpaired) electrons. The molecule has 5 heteroatoms. The monoisotopic (exact) mass is 362 g/mol. The van der Waals surface area contributed by atoms with Gasteiger partial charge >= 0.3 is 5.97 Å². The van der Waals surface area contributed by atoms with Gasteiger partial charge in [0.2, 0.25) is 0 Å². The highest BCUT2D eigenvalue weighted by Crippen LogP contribution is 2.32. The molecule has 0 saturated carbocycles. The van der Waals surface area contributed by atoms with Gasteiger partial charge in [-0.25, -0.2) is 0 Å². The minimum Gasteiger partial charge on any atom is -0.466 e. The van der Waals surface area contributed by atoms with Gasteiger partial charge in [-0.1, -0.05) is 48.5 Å². The van der Waals surface area contributed by atoms with Crippen LogP contribution in [-0.4, -0.2) is 34.5 Å². The van der Waals surface area contributed by atoms with Crippen molar-refractivity contribution in [2.24, 2.45) is 0 Å². The minimum atomic E-state index is -0.236. The van der Waals surface area contributed by atoms with Gasteiger partial charge in [0.1, 0.15) is 5.69 Å². The van der Waals surface area contributed by atoms with E-state index in [4.69, 9.17) is 4.74 Å². The molecule has 1 amide bonds. The smallest absolute Gasteiger partial charge is 0.307 e. The van der Waals surface area contributed by atoms with E-state index in [9.17, 15) is 9.59 Å². The summed E-state index contributed by atoms with van der Waals surface area (Å²) in [5.41, 5.74) is 2.69. The maximum Gasteiger partial charge on any atom is 0.307 e. The molecule has 5 nitrogen and oxygen atoms in total. The van der Waals surface area contributed by atoms with E-state index in [1.807, 2.05) is 70.1 Å². The highest BCUT2D eigenvalue weighted by atomic mass is 16.5. The number of carbonyl (C=O) groups is 2. The molecule has 1 atom stereocenters. The minimum absolute atomic E-state index is 0.00448. The molecule has 2 aromatic carbocycles. The van der Waals surface area contributed by atoms with Crippen LogP contribution < -0.4 is 0 Å². The number of benzene rings is 2. The van der Waals surface area contributed by atoms with Crippen molar-refractivity contribution in [3.05, 3.63) is 71.9 Å². The second kappa shape index (κ2) is 7.27. The van der Waals surface area contributed by atoms with Gasteiger partial charge in [-0.2, -0.15) is 0 Å². The average molecular weight is 362 g/mol. The van der Waals surface area contributed by atoms with Crippen molar-refractivity contribution >= 4 is 22.8 Å². The molecule has 27 heavy (non-hydrogen) atoms. The number of carbonyl (C=O) groups excluding carboxylic acids is 2. The number of ether oxygens (including phenoxy) is 1. The van der Waals surface area contributed by atoms with E-state index in [0.717, 1.165) is 16.5 Å². The quantitative estimate of drug-likeness (QED) is 0.649. The molecule has 3 aromatic rings. The normalized spacial score (nSPS) is 16.4. The van der Waals surface area contributed by atoms with Gasteiger partial charge in [0, 0.05) is 24.0 Å². The van der Waals surface area contributed by atoms with Gasteiger partial charge in [-0.15, -0.1) is 0 Å². The second-order valence-electron chi connectivity index (χ2n) is 6.79. The van der Waals surface area contributed by atoms with Crippen molar-refractivity contribution in [2.45, 2.75) is 25.9 Å².